The van der Waals surface area contributed by atoms with Crippen molar-refractivity contribution >= 4 is 11.8 Å². The number of ether oxygens (including phenoxy) is 1. The number of carbonyl (C=O) groups is 2. The minimum Gasteiger partial charge on any atom is -0.378 e. The van der Waals surface area contributed by atoms with E-state index in [0.29, 0.717) is 39.4 Å². The van der Waals surface area contributed by atoms with Gasteiger partial charge >= 0.3 is 0 Å². The molecular formula is C22H27N5O3. The molecule has 8 nitrogen and oxygen atoms in total. The number of piperidine rings is 1. The van der Waals surface area contributed by atoms with Gasteiger partial charge in [-0.2, -0.15) is 0 Å². The molecule has 2 aromatic rings. The van der Waals surface area contributed by atoms with Crippen molar-refractivity contribution < 1.29 is 14.3 Å². The second-order valence-electron chi connectivity index (χ2n) is 8.27. The predicted octanol–water partition coefficient (Wildman–Crippen LogP) is 1.64. The first kappa shape index (κ1) is 19.2. The maximum atomic E-state index is 13.1. The number of rotatable bonds is 3. The zero-order chi connectivity index (χ0) is 20.5. The van der Waals surface area contributed by atoms with E-state index < -0.39 is 0 Å². The molecule has 0 N–H and O–H groups in total. The highest BCUT2D eigenvalue weighted by atomic mass is 16.5. The molecule has 2 saturated heterocycles. The summed E-state index contributed by atoms with van der Waals surface area (Å²) in [5.41, 5.74) is 0.732. The molecule has 4 heterocycles. The lowest BCUT2D eigenvalue weighted by Crippen LogP contribution is -2.44. The van der Waals surface area contributed by atoms with Crippen LogP contribution in [0.4, 0.5) is 0 Å². The van der Waals surface area contributed by atoms with Crippen molar-refractivity contribution in [3.05, 3.63) is 47.5 Å². The number of hydrogen-bond donors (Lipinski definition) is 0. The number of benzene rings is 1. The van der Waals surface area contributed by atoms with E-state index in [9.17, 15) is 9.59 Å². The van der Waals surface area contributed by atoms with Crippen LogP contribution in [0, 0.1) is 0 Å². The average Bonchev–Trinajstić information content (AvgIpc) is 3.42. The van der Waals surface area contributed by atoms with Crippen LogP contribution in [0.2, 0.25) is 0 Å². The number of aryl methyl sites for hydroxylation is 1. The van der Waals surface area contributed by atoms with E-state index in [1.807, 2.05) is 40.1 Å². The van der Waals surface area contributed by atoms with Gasteiger partial charge in [-0.25, -0.2) is 0 Å². The van der Waals surface area contributed by atoms with E-state index in [-0.39, 0.29) is 23.8 Å². The molecule has 3 aliphatic heterocycles. The summed E-state index contributed by atoms with van der Waals surface area (Å²) in [7, 11) is 0. The highest BCUT2D eigenvalue weighted by Crippen LogP contribution is 2.35. The summed E-state index contributed by atoms with van der Waals surface area (Å²) in [6, 6.07) is 9.23. The normalized spacial score (nSPS) is 22.2. The molecule has 1 unspecified atom stereocenters. The summed E-state index contributed by atoms with van der Waals surface area (Å²) in [5.74, 6) is 2.31. The van der Waals surface area contributed by atoms with Crippen LogP contribution in [-0.2, 0) is 16.0 Å². The monoisotopic (exact) mass is 409 g/mol. The molecule has 2 amide bonds. The molecular weight excluding hydrogens is 382 g/mol. The van der Waals surface area contributed by atoms with E-state index in [1.54, 1.807) is 0 Å². The number of aromatic nitrogens is 3. The number of amides is 2. The van der Waals surface area contributed by atoms with Crippen LogP contribution in [0.15, 0.2) is 30.3 Å². The predicted molar refractivity (Wildman–Crippen MR) is 109 cm³/mol. The fourth-order valence-electron chi connectivity index (χ4n) is 4.85. The third-order valence-electron chi connectivity index (χ3n) is 6.52. The molecule has 158 valence electrons. The van der Waals surface area contributed by atoms with E-state index in [0.717, 1.165) is 42.9 Å². The van der Waals surface area contributed by atoms with Crippen LogP contribution in [0.3, 0.4) is 0 Å². The third kappa shape index (κ3) is 3.49. The average molecular weight is 409 g/mol. The van der Waals surface area contributed by atoms with Crippen molar-refractivity contribution in [3.63, 3.8) is 0 Å². The lowest BCUT2D eigenvalue weighted by atomic mass is 9.95. The molecule has 2 fully saturated rings. The first-order valence-electron chi connectivity index (χ1n) is 10.9. The Bertz CT molecular complexity index is 914. The Kier molecular flexibility index (Phi) is 5.25. The second kappa shape index (κ2) is 8.18. The van der Waals surface area contributed by atoms with Crippen molar-refractivity contribution in [2.24, 2.45) is 0 Å². The maximum absolute atomic E-state index is 13.1. The molecule has 1 atom stereocenters. The largest absolute Gasteiger partial charge is 0.378 e. The lowest BCUT2D eigenvalue weighted by molar-refractivity contribution is -0.138. The Morgan fingerprint density at radius 2 is 1.63 bits per heavy atom. The van der Waals surface area contributed by atoms with Gasteiger partial charge in [-0.15, -0.1) is 10.2 Å². The Hall–Kier alpha value is -2.74. The molecule has 0 radical (unpaired) electrons. The smallest absolute Gasteiger partial charge is 0.253 e. The van der Waals surface area contributed by atoms with Crippen LogP contribution in [0.5, 0.6) is 0 Å². The maximum Gasteiger partial charge on any atom is 0.253 e. The molecule has 0 spiro atoms. The van der Waals surface area contributed by atoms with Gasteiger partial charge in [0.2, 0.25) is 5.91 Å². The minimum atomic E-state index is -0.202. The molecule has 1 aromatic heterocycles. The van der Waals surface area contributed by atoms with Gasteiger partial charge in [-0.1, -0.05) is 18.2 Å². The van der Waals surface area contributed by atoms with Gasteiger partial charge in [0, 0.05) is 44.1 Å². The fourth-order valence-corrected chi connectivity index (χ4v) is 4.85. The third-order valence-corrected chi connectivity index (χ3v) is 6.52. The molecule has 30 heavy (non-hydrogen) atoms. The highest BCUT2D eigenvalue weighted by molar-refractivity contribution is 5.94. The van der Waals surface area contributed by atoms with Crippen molar-refractivity contribution in [1.29, 1.82) is 0 Å². The summed E-state index contributed by atoms with van der Waals surface area (Å²) in [5, 5.41) is 8.87. The number of likely N-dealkylation sites (tertiary alicyclic amines) is 1. The van der Waals surface area contributed by atoms with E-state index >= 15 is 0 Å². The summed E-state index contributed by atoms with van der Waals surface area (Å²) >= 11 is 0. The SMILES string of the molecule is O=C(c1ccccc1)N1CCC(c2nnc3n2C(C(=O)N2CCOCC2)CC3)CC1. The summed E-state index contributed by atoms with van der Waals surface area (Å²) in [4.78, 5) is 29.7. The number of hydrogen-bond acceptors (Lipinski definition) is 5. The first-order chi connectivity index (χ1) is 14.7. The number of nitrogens with zero attached hydrogens (tertiary/aromatic N) is 5. The lowest BCUT2D eigenvalue weighted by Gasteiger charge is -2.33. The molecule has 0 aliphatic carbocycles. The Labute approximate surface area is 175 Å². The summed E-state index contributed by atoms with van der Waals surface area (Å²) in [6.45, 7) is 3.91. The van der Waals surface area contributed by atoms with Crippen molar-refractivity contribution in [3.8, 4) is 0 Å². The van der Waals surface area contributed by atoms with Gasteiger partial charge in [0.15, 0.2) is 0 Å². The Balaban J connectivity index is 1.28. The number of morpholine rings is 1. The van der Waals surface area contributed by atoms with Gasteiger partial charge in [0.05, 0.1) is 13.2 Å². The van der Waals surface area contributed by atoms with E-state index in [2.05, 4.69) is 14.8 Å². The van der Waals surface area contributed by atoms with Crippen molar-refractivity contribution in [2.75, 3.05) is 39.4 Å². The van der Waals surface area contributed by atoms with Crippen LogP contribution in [-0.4, -0.2) is 75.8 Å². The van der Waals surface area contributed by atoms with Crippen molar-refractivity contribution in [2.45, 2.75) is 37.6 Å². The van der Waals surface area contributed by atoms with Gasteiger partial charge in [-0.3, -0.25) is 9.59 Å². The zero-order valence-electron chi connectivity index (χ0n) is 17.1. The number of fused-ring (bicyclic) bond motifs is 1. The van der Waals surface area contributed by atoms with Crippen LogP contribution < -0.4 is 0 Å². The second-order valence-corrected chi connectivity index (χ2v) is 8.27. The molecule has 5 rings (SSSR count). The quantitative estimate of drug-likeness (QED) is 0.770. The minimum absolute atomic E-state index is 0.0842. The summed E-state index contributed by atoms with van der Waals surface area (Å²) in [6.07, 6.45) is 3.27. The van der Waals surface area contributed by atoms with Gasteiger partial charge < -0.3 is 19.1 Å². The van der Waals surface area contributed by atoms with Gasteiger partial charge in [-0.05, 0) is 31.4 Å². The molecule has 0 saturated carbocycles. The molecule has 1 aromatic carbocycles. The van der Waals surface area contributed by atoms with E-state index in [4.69, 9.17) is 4.74 Å². The molecule has 8 heteroatoms. The topological polar surface area (TPSA) is 80.6 Å². The van der Waals surface area contributed by atoms with Gasteiger partial charge in [0.1, 0.15) is 17.7 Å². The van der Waals surface area contributed by atoms with Crippen molar-refractivity contribution in [1.82, 2.24) is 24.6 Å². The highest BCUT2D eigenvalue weighted by Gasteiger charge is 2.38. The molecule has 0 bridgehead atoms. The van der Waals surface area contributed by atoms with Crippen LogP contribution >= 0.6 is 0 Å². The van der Waals surface area contributed by atoms with E-state index in [1.165, 1.54) is 0 Å². The zero-order valence-corrected chi connectivity index (χ0v) is 17.1. The fraction of sp³-hybridized carbons (Fsp3) is 0.545. The molecule has 3 aliphatic rings. The van der Waals surface area contributed by atoms with Gasteiger partial charge in [0.25, 0.3) is 5.91 Å². The van der Waals surface area contributed by atoms with Crippen LogP contribution in [0.1, 0.15) is 53.2 Å². The van der Waals surface area contributed by atoms with Crippen LogP contribution in [0.25, 0.3) is 0 Å². The number of carbonyl (C=O) groups excluding carboxylic acids is 2. The summed E-state index contributed by atoms with van der Waals surface area (Å²) < 4.78 is 7.48. The standard InChI is InChI=1S/C22H27N5O3/c28-21(17-4-2-1-3-5-17)25-10-8-16(9-11-25)20-24-23-19-7-6-18(27(19)20)22(29)26-12-14-30-15-13-26/h1-5,16,18H,6-15H2. The first-order valence-corrected chi connectivity index (χ1v) is 10.9. The Morgan fingerprint density at radius 3 is 2.37 bits per heavy atom. The Morgan fingerprint density at radius 1 is 0.900 bits per heavy atom.